The van der Waals surface area contributed by atoms with Crippen molar-refractivity contribution in [1.29, 1.82) is 0 Å². The number of carbonyl (C=O) groups excluding carboxylic acids is 1. The summed E-state index contributed by atoms with van der Waals surface area (Å²) in [5.74, 6) is 0.480. The molecule has 1 N–H and O–H groups in total. The smallest absolute Gasteiger partial charge is 0.268 e. The number of halogens is 1. The highest BCUT2D eigenvalue weighted by molar-refractivity contribution is 7.90. The Kier molecular flexibility index (Phi) is 6.95. The number of aromatic nitrogens is 3. The molecule has 2 aliphatic rings. The first kappa shape index (κ1) is 29.0. The van der Waals surface area contributed by atoms with E-state index in [2.05, 4.69) is 58.3 Å². The Morgan fingerprint density at radius 2 is 1.80 bits per heavy atom. The van der Waals surface area contributed by atoms with Crippen LogP contribution in [0.4, 0.5) is 10.2 Å². The minimum Gasteiger partial charge on any atom is -0.476 e. The summed E-state index contributed by atoms with van der Waals surface area (Å²) < 4.78 is 49.2. The van der Waals surface area contributed by atoms with Gasteiger partial charge in [-0.2, -0.15) is 0 Å². The van der Waals surface area contributed by atoms with E-state index in [1.807, 2.05) is 4.90 Å². The highest BCUT2D eigenvalue weighted by Gasteiger charge is 2.64. The van der Waals surface area contributed by atoms with Gasteiger partial charge in [-0.05, 0) is 67.3 Å². The molecule has 2 aromatic heterocycles. The fraction of sp³-hybridized carbons (Fsp3) is 0.500. The van der Waals surface area contributed by atoms with E-state index in [0.29, 0.717) is 42.5 Å². The summed E-state index contributed by atoms with van der Waals surface area (Å²) >= 11 is 0. The summed E-state index contributed by atoms with van der Waals surface area (Å²) in [6.45, 7) is 16.4. The highest BCUT2D eigenvalue weighted by Crippen LogP contribution is 2.68. The lowest BCUT2D eigenvalue weighted by molar-refractivity contribution is 0.0981. The summed E-state index contributed by atoms with van der Waals surface area (Å²) in [6, 6.07) is 9.45. The minimum atomic E-state index is -4.31. The average molecular weight is 584 g/mol. The molecular weight excluding hydrogens is 545 g/mol. The number of hydrogen-bond acceptors (Lipinski definition) is 7. The van der Waals surface area contributed by atoms with Gasteiger partial charge in [0.2, 0.25) is 5.88 Å². The van der Waals surface area contributed by atoms with Gasteiger partial charge in [-0.15, -0.1) is 5.10 Å². The zero-order chi connectivity index (χ0) is 30.0. The fourth-order valence-corrected chi connectivity index (χ4v) is 7.21. The van der Waals surface area contributed by atoms with Gasteiger partial charge in [0.25, 0.3) is 15.9 Å². The molecule has 0 spiro atoms. The second-order valence-electron chi connectivity index (χ2n) is 13.1. The molecule has 1 amide bonds. The van der Waals surface area contributed by atoms with E-state index in [0.717, 1.165) is 18.6 Å². The van der Waals surface area contributed by atoms with Crippen LogP contribution in [0.3, 0.4) is 0 Å². The van der Waals surface area contributed by atoms with Gasteiger partial charge in [0.15, 0.2) is 5.82 Å². The molecule has 1 aliphatic carbocycles. The number of nitrogens with zero attached hydrogens (tertiary/aromatic N) is 4. The fourth-order valence-electron chi connectivity index (χ4n) is 6.21. The first-order valence-corrected chi connectivity index (χ1v) is 15.3. The largest absolute Gasteiger partial charge is 0.476 e. The lowest BCUT2D eigenvalue weighted by Gasteiger charge is -2.34. The van der Waals surface area contributed by atoms with Gasteiger partial charge in [0.1, 0.15) is 11.6 Å². The number of ether oxygens (including phenoxy) is 1. The van der Waals surface area contributed by atoms with Crippen molar-refractivity contribution in [2.75, 3.05) is 18.1 Å². The van der Waals surface area contributed by atoms with Crippen LogP contribution < -0.4 is 14.4 Å². The van der Waals surface area contributed by atoms with Crippen molar-refractivity contribution in [3.05, 3.63) is 60.0 Å². The van der Waals surface area contributed by atoms with E-state index in [-0.39, 0.29) is 26.8 Å². The van der Waals surface area contributed by atoms with Crippen molar-refractivity contribution in [3.8, 4) is 11.7 Å². The molecule has 0 radical (unpaired) electrons. The monoisotopic (exact) mass is 583 g/mol. The molecular formula is C30H38FN5O4S. The van der Waals surface area contributed by atoms with Crippen LogP contribution in [0.15, 0.2) is 53.6 Å². The number of carbonyl (C=O) groups is 1. The van der Waals surface area contributed by atoms with Crippen molar-refractivity contribution in [2.45, 2.75) is 65.3 Å². The maximum atomic E-state index is 13.7. The lowest BCUT2D eigenvalue weighted by atomic mass is 9.97. The summed E-state index contributed by atoms with van der Waals surface area (Å²) in [5, 5.41) is 4.56. The van der Waals surface area contributed by atoms with Crippen LogP contribution in [-0.2, 0) is 10.0 Å². The van der Waals surface area contributed by atoms with Gasteiger partial charge in [-0.3, -0.25) is 4.79 Å². The quantitative estimate of drug-likeness (QED) is 0.388. The number of sulfonamides is 1. The predicted molar refractivity (Wildman–Crippen MR) is 154 cm³/mol. The van der Waals surface area contributed by atoms with E-state index in [1.165, 1.54) is 12.1 Å². The molecule has 3 heterocycles. The van der Waals surface area contributed by atoms with Crippen molar-refractivity contribution < 1.29 is 22.3 Å². The van der Waals surface area contributed by atoms with Crippen molar-refractivity contribution in [2.24, 2.45) is 22.7 Å². The molecule has 220 valence electrons. The van der Waals surface area contributed by atoms with Crippen molar-refractivity contribution >= 4 is 21.7 Å². The Morgan fingerprint density at radius 1 is 1.10 bits per heavy atom. The number of rotatable bonds is 8. The number of benzene rings is 1. The zero-order valence-electron chi connectivity index (χ0n) is 24.6. The van der Waals surface area contributed by atoms with Gasteiger partial charge in [-0.25, -0.2) is 27.2 Å². The van der Waals surface area contributed by atoms with Gasteiger partial charge >= 0.3 is 0 Å². The maximum absolute atomic E-state index is 13.7. The van der Waals surface area contributed by atoms with E-state index >= 15 is 0 Å². The normalized spacial score (nSPS) is 21.1. The SMILES string of the molecule is C[C@@H]1CN(c2nc(-n3ccc(OCC4C(C)(C)C4(C)C)n3)ccc2C(=O)NS(=O)(=O)c2cccc(F)c2)C(C)(C)C1. The molecule has 3 aromatic rings. The topological polar surface area (TPSA) is 106 Å². The Labute approximate surface area is 241 Å². The molecule has 11 heteroatoms. The molecule has 1 atom stereocenters. The van der Waals surface area contributed by atoms with Gasteiger partial charge < -0.3 is 9.64 Å². The van der Waals surface area contributed by atoms with Crippen LogP contribution in [0.1, 0.15) is 65.2 Å². The third-order valence-corrected chi connectivity index (χ3v) is 10.6. The standard InChI is InChI=1S/C30H38FN5O4S/c1-19-16-28(2,3)35(17-19)26-22(27(37)34-41(38,39)21-10-8-9-20(31)15-21)11-12-24(32-26)36-14-13-25(33-36)40-18-23-29(4,5)30(23,6)7/h8-15,19,23H,16-18H2,1-7H3,(H,34,37)/t19-/m0/s1. The minimum absolute atomic E-state index is 0.0951. The van der Waals surface area contributed by atoms with Gasteiger partial charge in [0, 0.05) is 30.3 Å². The van der Waals surface area contributed by atoms with Crippen molar-refractivity contribution in [3.63, 3.8) is 0 Å². The zero-order valence-corrected chi connectivity index (χ0v) is 25.4. The Balaban J connectivity index is 1.44. The molecule has 0 bridgehead atoms. The average Bonchev–Trinajstić information content (AvgIpc) is 3.26. The van der Waals surface area contributed by atoms with Crippen LogP contribution in [0.5, 0.6) is 5.88 Å². The van der Waals surface area contributed by atoms with E-state index in [9.17, 15) is 17.6 Å². The molecule has 5 rings (SSSR count). The molecule has 9 nitrogen and oxygen atoms in total. The third-order valence-electron chi connectivity index (χ3n) is 9.28. The molecule has 1 aromatic carbocycles. The molecule has 1 saturated heterocycles. The molecule has 2 fully saturated rings. The van der Waals surface area contributed by atoms with Crippen LogP contribution in [0, 0.1) is 28.5 Å². The first-order chi connectivity index (χ1) is 19.0. The van der Waals surface area contributed by atoms with Crippen LogP contribution in [0.25, 0.3) is 5.82 Å². The summed E-state index contributed by atoms with van der Waals surface area (Å²) in [4.78, 5) is 19.9. The van der Waals surface area contributed by atoms with Crippen LogP contribution in [-0.4, -0.2) is 47.8 Å². The Hall–Kier alpha value is -3.47. The summed E-state index contributed by atoms with van der Waals surface area (Å²) in [6.07, 6.45) is 2.62. The third kappa shape index (κ3) is 5.31. The number of nitrogens with one attached hydrogen (secondary N) is 1. The van der Waals surface area contributed by atoms with Crippen molar-refractivity contribution in [1.82, 2.24) is 19.5 Å². The molecule has 1 aliphatic heterocycles. The second kappa shape index (κ2) is 9.82. The number of pyridine rings is 1. The molecule has 1 saturated carbocycles. The van der Waals surface area contributed by atoms with Crippen LogP contribution in [0.2, 0.25) is 0 Å². The van der Waals surface area contributed by atoms with E-state index < -0.39 is 21.7 Å². The predicted octanol–water partition coefficient (Wildman–Crippen LogP) is 5.21. The molecule has 0 unspecified atom stereocenters. The number of amides is 1. The Morgan fingerprint density at radius 3 is 2.41 bits per heavy atom. The second-order valence-corrected chi connectivity index (χ2v) is 14.8. The van der Waals surface area contributed by atoms with E-state index in [1.54, 1.807) is 29.1 Å². The molecule has 41 heavy (non-hydrogen) atoms. The maximum Gasteiger partial charge on any atom is 0.268 e. The highest BCUT2D eigenvalue weighted by atomic mass is 32.2. The van der Waals surface area contributed by atoms with Gasteiger partial charge in [0.05, 0.1) is 17.1 Å². The summed E-state index contributed by atoms with van der Waals surface area (Å²) in [5.41, 5.74) is 0.163. The van der Waals surface area contributed by atoms with Crippen LogP contribution >= 0.6 is 0 Å². The lowest BCUT2D eigenvalue weighted by Crippen LogP contribution is -2.41. The summed E-state index contributed by atoms with van der Waals surface area (Å²) in [7, 11) is -4.31. The first-order valence-electron chi connectivity index (χ1n) is 13.8. The number of anilines is 1. The van der Waals surface area contributed by atoms with Gasteiger partial charge in [-0.1, -0.05) is 40.7 Å². The van der Waals surface area contributed by atoms with E-state index in [4.69, 9.17) is 9.72 Å². The Bertz CT molecular complexity index is 1580. The number of hydrogen-bond donors (Lipinski definition) is 1.